The van der Waals surface area contributed by atoms with Gasteiger partial charge in [0.25, 0.3) is 0 Å². The quantitative estimate of drug-likeness (QED) is 0.581. The number of H-pyrrole nitrogens is 1. The lowest BCUT2D eigenvalue weighted by atomic mass is 10.2. The van der Waals surface area contributed by atoms with Gasteiger partial charge in [0.1, 0.15) is 11.5 Å². The topological polar surface area (TPSA) is 89.1 Å². The van der Waals surface area contributed by atoms with Crippen LogP contribution in [0.3, 0.4) is 0 Å². The SMILES string of the molecule is COc1cc(OC)cc(-c2nc(SCC(=O)NCc3ccccc3)n[nH]2)c1. The highest BCUT2D eigenvalue weighted by Crippen LogP contribution is 2.28. The lowest BCUT2D eigenvalue weighted by Crippen LogP contribution is -2.24. The van der Waals surface area contributed by atoms with Crippen LogP contribution in [-0.4, -0.2) is 41.1 Å². The molecule has 0 atom stereocenters. The molecule has 3 aromatic rings. The smallest absolute Gasteiger partial charge is 0.230 e. The van der Waals surface area contributed by atoms with E-state index in [0.717, 1.165) is 11.1 Å². The molecule has 2 N–H and O–H groups in total. The third-order valence-corrected chi connectivity index (χ3v) is 4.60. The van der Waals surface area contributed by atoms with Crippen LogP contribution in [0.25, 0.3) is 11.4 Å². The molecule has 0 saturated carbocycles. The number of methoxy groups -OCH3 is 2. The summed E-state index contributed by atoms with van der Waals surface area (Å²) in [6.07, 6.45) is 0. The molecule has 0 bridgehead atoms. The van der Waals surface area contributed by atoms with Gasteiger partial charge in [0.05, 0.1) is 20.0 Å². The molecule has 0 saturated heterocycles. The minimum absolute atomic E-state index is 0.0711. The van der Waals surface area contributed by atoms with Gasteiger partial charge in [-0.1, -0.05) is 42.1 Å². The van der Waals surface area contributed by atoms with Gasteiger partial charge < -0.3 is 14.8 Å². The minimum atomic E-state index is -0.0711. The van der Waals surface area contributed by atoms with Crippen molar-refractivity contribution in [2.75, 3.05) is 20.0 Å². The molecule has 0 fully saturated rings. The van der Waals surface area contributed by atoms with E-state index in [0.29, 0.717) is 29.0 Å². The first-order valence-electron chi connectivity index (χ1n) is 8.27. The highest BCUT2D eigenvalue weighted by Gasteiger charge is 2.11. The summed E-state index contributed by atoms with van der Waals surface area (Å²) in [5.41, 5.74) is 1.85. The van der Waals surface area contributed by atoms with Crippen molar-refractivity contribution in [1.29, 1.82) is 0 Å². The van der Waals surface area contributed by atoms with Gasteiger partial charge in [-0.15, -0.1) is 5.10 Å². The summed E-state index contributed by atoms with van der Waals surface area (Å²) in [6.45, 7) is 0.503. The Morgan fingerprint density at radius 2 is 1.81 bits per heavy atom. The van der Waals surface area contributed by atoms with Crippen LogP contribution in [0.4, 0.5) is 0 Å². The number of rotatable bonds is 8. The molecule has 0 aliphatic heterocycles. The molecule has 0 spiro atoms. The van der Waals surface area contributed by atoms with E-state index in [1.54, 1.807) is 20.3 Å². The van der Waals surface area contributed by atoms with Crippen LogP contribution in [0.5, 0.6) is 11.5 Å². The average Bonchev–Trinajstić information content (AvgIpc) is 3.20. The maximum Gasteiger partial charge on any atom is 0.230 e. The lowest BCUT2D eigenvalue weighted by Gasteiger charge is -2.06. The third kappa shape index (κ3) is 5.24. The number of aromatic nitrogens is 3. The van der Waals surface area contributed by atoms with Gasteiger partial charge in [0.2, 0.25) is 11.1 Å². The highest BCUT2D eigenvalue weighted by atomic mass is 32.2. The second-order valence-corrected chi connectivity index (χ2v) is 6.56. The molecule has 0 radical (unpaired) electrons. The molecular formula is C19H20N4O3S. The Hall–Kier alpha value is -3.00. The number of aromatic amines is 1. The predicted octanol–water partition coefficient (Wildman–Crippen LogP) is 2.90. The van der Waals surface area contributed by atoms with E-state index in [-0.39, 0.29) is 11.7 Å². The maximum atomic E-state index is 12.0. The summed E-state index contributed by atoms with van der Waals surface area (Å²) in [5.74, 6) is 2.08. The van der Waals surface area contributed by atoms with E-state index >= 15 is 0 Å². The number of carbonyl (C=O) groups is 1. The fourth-order valence-corrected chi connectivity index (χ4v) is 2.99. The normalized spacial score (nSPS) is 10.4. The molecule has 27 heavy (non-hydrogen) atoms. The van der Waals surface area contributed by atoms with Crippen LogP contribution in [0.2, 0.25) is 0 Å². The van der Waals surface area contributed by atoms with Crippen molar-refractivity contribution in [2.24, 2.45) is 0 Å². The Labute approximate surface area is 161 Å². The number of hydrogen-bond donors (Lipinski definition) is 2. The Kier molecular flexibility index (Phi) is 6.32. The zero-order chi connectivity index (χ0) is 19.1. The molecule has 0 aliphatic carbocycles. The van der Waals surface area contributed by atoms with Gasteiger partial charge in [0, 0.05) is 18.2 Å². The van der Waals surface area contributed by atoms with Crippen molar-refractivity contribution in [1.82, 2.24) is 20.5 Å². The first kappa shape index (κ1) is 18.8. The van der Waals surface area contributed by atoms with E-state index in [1.165, 1.54) is 11.8 Å². The van der Waals surface area contributed by atoms with Crippen molar-refractivity contribution < 1.29 is 14.3 Å². The van der Waals surface area contributed by atoms with Crippen molar-refractivity contribution in [3.05, 3.63) is 54.1 Å². The summed E-state index contributed by atoms with van der Waals surface area (Å²) in [4.78, 5) is 16.4. The van der Waals surface area contributed by atoms with Gasteiger partial charge >= 0.3 is 0 Å². The monoisotopic (exact) mass is 384 g/mol. The Bertz CT molecular complexity index is 877. The fraction of sp³-hybridized carbons (Fsp3) is 0.211. The number of nitrogens with zero attached hydrogens (tertiary/aromatic N) is 2. The number of nitrogens with one attached hydrogen (secondary N) is 2. The van der Waals surface area contributed by atoms with E-state index in [1.807, 2.05) is 42.5 Å². The summed E-state index contributed by atoms with van der Waals surface area (Å²) in [7, 11) is 3.18. The molecular weight excluding hydrogens is 364 g/mol. The third-order valence-electron chi connectivity index (χ3n) is 3.75. The molecule has 8 heteroatoms. The van der Waals surface area contributed by atoms with Crippen LogP contribution in [-0.2, 0) is 11.3 Å². The van der Waals surface area contributed by atoms with Gasteiger partial charge in [0.15, 0.2) is 5.82 Å². The van der Waals surface area contributed by atoms with Gasteiger partial charge in [-0.05, 0) is 17.7 Å². The molecule has 0 aliphatic rings. The summed E-state index contributed by atoms with van der Waals surface area (Å²) < 4.78 is 10.5. The molecule has 0 unspecified atom stereocenters. The molecule has 1 amide bonds. The van der Waals surface area contributed by atoms with E-state index in [4.69, 9.17) is 9.47 Å². The molecule has 7 nitrogen and oxygen atoms in total. The fourth-order valence-electron chi connectivity index (χ4n) is 2.36. The maximum absolute atomic E-state index is 12.0. The van der Waals surface area contributed by atoms with Crippen LogP contribution >= 0.6 is 11.8 Å². The zero-order valence-corrected chi connectivity index (χ0v) is 15.9. The Morgan fingerprint density at radius 3 is 2.48 bits per heavy atom. The Morgan fingerprint density at radius 1 is 1.11 bits per heavy atom. The largest absolute Gasteiger partial charge is 0.497 e. The number of benzene rings is 2. The van der Waals surface area contributed by atoms with Crippen molar-refractivity contribution in [3.8, 4) is 22.9 Å². The molecule has 3 rings (SSSR count). The van der Waals surface area contributed by atoms with E-state index in [2.05, 4.69) is 20.5 Å². The standard InChI is InChI=1S/C19H20N4O3S/c1-25-15-8-14(9-16(10-15)26-2)18-21-19(23-22-18)27-12-17(24)20-11-13-6-4-3-5-7-13/h3-10H,11-12H2,1-2H3,(H,20,24)(H,21,22,23). The second-order valence-electron chi connectivity index (χ2n) is 5.62. The van der Waals surface area contributed by atoms with Crippen molar-refractivity contribution in [2.45, 2.75) is 11.7 Å². The average molecular weight is 384 g/mol. The lowest BCUT2D eigenvalue weighted by molar-refractivity contribution is -0.118. The van der Waals surface area contributed by atoms with Crippen molar-refractivity contribution in [3.63, 3.8) is 0 Å². The summed E-state index contributed by atoms with van der Waals surface area (Å²) >= 11 is 1.27. The number of carbonyl (C=O) groups excluding carboxylic acids is 1. The number of thioether (sulfide) groups is 1. The second kappa shape index (κ2) is 9.09. The predicted molar refractivity (Wildman–Crippen MR) is 104 cm³/mol. The Balaban J connectivity index is 1.57. The first-order valence-corrected chi connectivity index (χ1v) is 9.26. The van der Waals surface area contributed by atoms with Crippen LogP contribution in [0.15, 0.2) is 53.7 Å². The molecule has 1 heterocycles. The highest BCUT2D eigenvalue weighted by molar-refractivity contribution is 7.99. The van der Waals surface area contributed by atoms with Gasteiger partial charge in [-0.2, -0.15) is 0 Å². The molecule has 140 valence electrons. The molecule has 1 aromatic heterocycles. The van der Waals surface area contributed by atoms with Crippen LogP contribution in [0, 0.1) is 0 Å². The number of amides is 1. The van der Waals surface area contributed by atoms with Crippen LogP contribution in [0.1, 0.15) is 5.56 Å². The summed E-state index contributed by atoms with van der Waals surface area (Å²) in [6, 6.07) is 15.2. The van der Waals surface area contributed by atoms with Gasteiger partial charge in [-0.3, -0.25) is 9.89 Å². The number of hydrogen-bond acceptors (Lipinski definition) is 6. The van der Waals surface area contributed by atoms with E-state index in [9.17, 15) is 4.79 Å². The molecule has 2 aromatic carbocycles. The first-order chi connectivity index (χ1) is 13.2. The van der Waals surface area contributed by atoms with Gasteiger partial charge in [-0.25, -0.2) is 4.98 Å². The zero-order valence-electron chi connectivity index (χ0n) is 15.1. The summed E-state index contributed by atoms with van der Waals surface area (Å²) in [5, 5.41) is 10.4. The minimum Gasteiger partial charge on any atom is -0.497 e. The van der Waals surface area contributed by atoms with E-state index < -0.39 is 0 Å². The van der Waals surface area contributed by atoms with Crippen LogP contribution < -0.4 is 14.8 Å². The number of ether oxygens (including phenoxy) is 2. The van der Waals surface area contributed by atoms with Crippen molar-refractivity contribution >= 4 is 17.7 Å².